The predicted molar refractivity (Wildman–Crippen MR) is 80.2 cm³/mol. The molecule has 110 valence electrons. The van der Waals surface area contributed by atoms with Crippen LogP contribution >= 0.6 is 0 Å². The van der Waals surface area contributed by atoms with E-state index >= 15 is 0 Å². The standard InChI is InChI=1S/C11H22N2O.2C2H6/c1-10(2)13-8-11(9-13)12-4-3-6-14-7-5-12;2*1-2/h10-11H,3-9H2,1-2H3;2*1-2H3. The van der Waals surface area contributed by atoms with Crippen LogP contribution in [0, 0.1) is 0 Å². The number of ether oxygens (including phenoxy) is 1. The van der Waals surface area contributed by atoms with Crippen molar-refractivity contribution in [2.75, 3.05) is 39.4 Å². The first-order chi connectivity index (χ1) is 8.77. The number of hydrogen-bond donors (Lipinski definition) is 0. The number of likely N-dealkylation sites (tertiary alicyclic amines) is 1. The molecule has 0 aliphatic carbocycles. The molecule has 0 bridgehead atoms. The molecule has 0 aromatic heterocycles. The van der Waals surface area contributed by atoms with Crippen molar-refractivity contribution in [1.82, 2.24) is 9.80 Å². The van der Waals surface area contributed by atoms with Crippen LogP contribution in [0.4, 0.5) is 0 Å². The summed E-state index contributed by atoms with van der Waals surface area (Å²) in [5, 5.41) is 0. The van der Waals surface area contributed by atoms with Gasteiger partial charge in [0, 0.05) is 44.9 Å². The van der Waals surface area contributed by atoms with Gasteiger partial charge in [0.15, 0.2) is 0 Å². The molecule has 0 radical (unpaired) electrons. The Hall–Kier alpha value is -0.120. The zero-order valence-electron chi connectivity index (χ0n) is 13.4. The minimum atomic E-state index is 0.717. The molecule has 2 aliphatic rings. The lowest BCUT2D eigenvalue weighted by Crippen LogP contribution is -2.61. The Morgan fingerprint density at radius 2 is 1.56 bits per heavy atom. The number of nitrogens with zero attached hydrogens (tertiary/aromatic N) is 2. The van der Waals surface area contributed by atoms with E-state index in [-0.39, 0.29) is 0 Å². The molecule has 0 atom stereocenters. The molecular weight excluding hydrogens is 224 g/mol. The van der Waals surface area contributed by atoms with Crippen LogP contribution in [0.25, 0.3) is 0 Å². The van der Waals surface area contributed by atoms with Crippen molar-refractivity contribution in [3.8, 4) is 0 Å². The van der Waals surface area contributed by atoms with E-state index in [2.05, 4.69) is 23.6 Å². The highest BCUT2D eigenvalue weighted by atomic mass is 16.5. The third-order valence-electron chi connectivity index (χ3n) is 3.39. The van der Waals surface area contributed by atoms with Gasteiger partial charge in [-0.25, -0.2) is 0 Å². The maximum Gasteiger partial charge on any atom is 0.0593 e. The first-order valence-corrected chi connectivity index (χ1v) is 7.83. The molecule has 0 unspecified atom stereocenters. The van der Waals surface area contributed by atoms with Gasteiger partial charge in [0.2, 0.25) is 0 Å². The minimum absolute atomic E-state index is 0.717. The molecule has 2 fully saturated rings. The zero-order valence-corrected chi connectivity index (χ0v) is 13.4. The summed E-state index contributed by atoms with van der Waals surface area (Å²) in [4.78, 5) is 5.14. The van der Waals surface area contributed by atoms with Crippen LogP contribution < -0.4 is 0 Å². The topological polar surface area (TPSA) is 15.7 Å². The third kappa shape index (κ3) is 5.68. The summed E-state index contributed by atoms with van der Waals surface area (Å²) < 4.78 is 5.46. The van der Waals surface area contributed by atoms with E-state index in [1.807, 2.05) is 27.7 Å². The van der Waals surface area contributed by atoms with Crippen molar-refractivity contribution >= 4 is 0 Å². The summed E-state index contributed by atoms with van der Waals surface area (Å²) >= 11 is 0. The fourth-order valence-electron chi connectivity index (χ4n) is 2.27. The number of hydrogen-bond acceptors (Lipinski definition) is 3. The van der Waals surface area contributed by atoms with Gasteiger partial charge in [-0.3, -0.25) is 9.80 Å². The monoisotopic (exact) mass is 258 g/mol. The molecule has 3 nitrogen and oxygen atoms in total. The first kappa shape index (κ1) is 17.9. The number of rotatable bonds is 2. The van der Waals surface area contributed by atoms with E-state index in [4.69, 9.17) is 4.74 Å². The second-order valence-electron chi connectivity index (χ2n) is 4.70. The van der Waals surface area contributed by atoms with Crippen molar-refractivity contribution in [2.24, 2.45) is 0 Å². The van der Waals surface area contributed by atoms with Crippen LogP contribution in [0.2, 0.25) is 0 Å². The Bertz CT molecular complexity index is 171. The highest BCUT2D eigenvalue weighted by molar-refractivity contribution is 4.89. The van der Waals surface area contributed by atoms with Crippen LogP contribution in [0.15, 0.2) is 0 Å². The van der Waals surface area contributed by atoms with Gasteiger partial charge >= 0.3 is 0 Å². The zero-order chi connectivity index (χ0) is 14.0. The fourth-order valence-corrected chi connectivity index (χ4v) is 2.27. The van der Waals surface area contributed by atoms with Gasteiger partial charge in [0.1, 0.15) is 0 Å². The summed E-state index contributed by atoms with van der Waals surface area (Å²) in [7, 11) is 0. The van der Waals surface area contributed by atoms with E-state index in [9.17, 15) is 0 Å². The Morgan fingerprint density at radius 3 is 2.11 bits per heavy atom. The Balaban J connectivity index is 0.000000659. The fraction of sp³-hybridized carbons (Fsp3) is 1.00. The van der Waals surface area contributed by atoms with Crippen LogP contribution in [-0.2, 0) is 4.74 Å². The van der Waals surface area contributed by atoms with Gasteiger partial charge in [0.05, 0.1) is 6.61 Å². The Labute approximate surface area is 114 Å². The van der Waals surface area contributed by atoms with Crippen LogP contribution in [0.5, 0.6) is 0 Å². The highest BCUT2D eigenvalue weighted by Crippen LogP contribution is 2.18. The predicted octanol–water partition coefficient (Wildman–Crippen LogP) is 2.85. The average Bonchev–Trinajstić information content (AvgIpc) is 2.61. The largest absolute Gasteiger partial charge is 0.380 e. The molecule has 0 spiro atoms. The van der Waals surface area contributed by atoms with Crippen LogP contribution in [-0.4, -0.2) is 61.3 Å². The smallest absolute Gasteiger partial charge is 0.0593 e. The maximum atomic E-state index is 5.46. The molecule has 2 heterocycles. The molecule has 18 heavy (non-hydrogen) atoms. The van der Waals surface area contributed by atoms with Crippen molar-refractivity contribution in [2.45, 2.75) is 60.0 Å². The van der Waals surface area contributed by atoms with Crippen molar-refractivity contribution in [3.05, 3.63) is 0 Å². The molecule has 2 saturated heterocycles. The average molecular weight is 258 g/mol. The van der Waals surface area contributed by atoms with Gasteiger partial charge < -0.3 is 4.74 Å². The van der Waals surface area contributed by atoms with Gasteiger partial charge in [-0.15, -0.1) is 0 Å². The summed E-state index contributed by atoms with van der Waals surface area (Å²) in [6.45, 7) is 19.3. The lowest BCUT2D eigenvalue weighted by Gasteiger charge is -2.47. The van der Waals surface area contributed by atoms with Gasteiger partial charge in [-0.05, 0) is 20.3 Å². The highest BCUT2D eigenvalue weighted by Gasteiger charge is 2.32. The molecule has 0 N–H and O–H groups in total. The molecule has 0 aromatic rings. The van der Waals surface area contributed by atoms with E-state index in [0.29, 0.717) is 0 Å². The Kier molecular flexibility index (Phi) is 10.7. The van der Waals surface area contributed by atoms with E-state index < -0.39 is 0 Å². The van der Waals surface area contributed by atoms with Crippen LogP contribution in [0.3, 0.4) is 0 Å². The minimum Gasteiger partial charge on any atom is -0.380 e. The van der Waals surface area contributed by atoms with E-state index in [1.54, 1.807) is 0 Å². The van der Waals surface area contributed by atoms with Gasteiger partial charge in [-0.2, -0.15) is 0 Å². The Morgan fingerprint density at radius 1 is 0.944 bits per heavy atom. The second-order valence-corrected chi connectivity index (χ2v) is 4.70. The second kappa shape index (κ2) is 10.8. The maximum absolute atomic E-state index is 5.46. The molecule has 2 rings (SSSR count). The first-order valence-electron chi connectivity index (χ1n) is 7.83. The SMILES string of the molecule is CC.CC.CC(C)N1CC(N2CCCOCC2)C1. The third-order valence-corrected chi connectivity index (χ3v) is 3.39. The van der Waals surface area contributed by atoms with E-state index in [1.165, 1.54) is 26.1 Å². The molecule has 0 aromatic carbocycles. The van der Waals surface area contributed by atoms with E-state index in [0.717, 1.165) is 31.8 Å². The summed E-state index contributed by atoms with van der Waals surface area (Å²) in [6.07, 6.45) is 1.21. The molecule has 2 aliphatic heterocycles. The quantitative estimate of drug-likeness (QED) is 0.757. The summed E-state index contributed by atoms with van der Waals surface area (Å²) in [5.41, 5.74) is 0. The summed E-state index contributed by atoms with van der Waals surface area (Å²) in [6, 6.07) is 1.52. The molecule has 0 amide bonds. The normalized spacial score (nSPS) is 22.2. The lowest BCUT2D eigenvalue weighted by atomic mass is 10.0. The molecule has 0 saturated carbocycles. The molecule has 3 heteroatoms. The lowest BCUT2D eigenvalue weighted by molar-refractivity contribution is 0.0128. The van der Waals surface area contributed by atoms with Crippen LogP contribution in [0.1, 0.15) is 48.0 Å². The molecular formula is C15H34N2O. The van der Waals surface area contributed by atoms with Crippen molar-refractivity contribution < 1.29 is 4.74 Å². The summed E-state index contributed by atoms with van der Waals surface area (Å²) in [5.74, 6) is 0. The van der Waals surface area contributed by atoms with Gasteiger partial charge in [-0.1, -0.05) is 27.7 Å². The van der Waals surface area contributed by atoms with Crippen molar-refractivity contribution in [3.63, 3.8) is 0 Å². The van der Waals surface area contributed by atoms with Gasteiger partial charge in [0.25, 0.3) is 0 Å². The van der Waals surface area contributed by atoms with Crippen molar-refractivity contribution in [1.29, 1.82) is 0 Å².